The molecule has 0 aliphatic carbocycles. The Balaban J connectivity index is 2.44. The third kappa shape index (κ3) is 15.1. The third-order valence-electron chi connectivity index (χ3n) is 6.76. The Labute approximate surface area is 234 Å². The van der Waals surface area contributed by atoms with Crippen LogP contribution in [0.25, 0.3) is 0 Å². The van der Waals surface area contributed by atoms with Gasteiger partial charge in [0.25, 0.3) is 0 Å². The first-order valence-electron chi connectivity index (χ1n) is 14.7. The zero-order valence-electron chi connectivity index (χ0n) is 23.9. The van der Waals surface area contributed by atoms with Gasteiger partial charge in [-0.05, 0) is 44.9 Å². The van der Waals surface area contributed by atoms with Crippen molar-refractivity contribution in [3.8, 4) is 0 Å². The second kappa shape index (κ2) is 22.1. The van der Waals surface area contributed by atoms with Crippen molar-refractivity contribution in [2.45, 2.75) is 134 Å². The van der Waals surface area contributed by atoms with E-state index in [1.54, 1.807) is 0 Å². The van der Waals surface area contributed by atoms with E-state index in [0.29, 0.717) is 12.8 Å². The van der Waals surface area contributed by atoms with Gasteiger partial charge in [0.2, 0.25) is 5.91 Å². The molecule has 0 bridgehead atoms. The number of rotatable bonds is 21. The molecule has 7 unspecified atom stereocenters. The minimum absolute atomic E-state index is 0.157. The summed E-state index contributed by atoms with van der Waals surface area (Å²) in [5.74, 6) is -0.190. The summed E-state index contributed by atoms with van der Waals surface area (Å²) >= 11 is 0. The number of ether oxygens (including phenoxy) is 2. The Morgan fingerprint density at radius 3 is 2.26 bits per heavy atom. The maximum absolute atomic E-state index is 12.6. The highest BCUT2D eigenvalue weighted by molar-refractivity contribution is 5.76. The van der Waals surface area contributed by atoms with Crippen LogP contribution in [0.2, 0.25) is 0 Å². The van der Waals surface area contributed by atoms with Crippen LogP contribution in [0.15, 0.2) is 36.5 Å². The first kappa shape index (κ1) is 35.4. The lowest BCUT2D eigenvalue weighted by molar-refractivity contribution is -0.302. The lowest BCUT2D eigenvalue weighted by atomic mass is 9.99. The van der Waals surface area contributed by atoms with Crippen LogP contribution in [-0.2, 0) is 14.3 Å². The molecule has 1 amide bonds. The number of aliphatic hydroxyl groups excluding tert-OH is 5. The number of carbonyl (C=O) groups is 1. The van der Waals surface area contributed by atoms with E-state index in [9.17, 15) is 30.3 Å². The van der Waals surface area contributed by atoms with Crippen LogP contribution in [0.5, 0.6) is 0 Å². The predicted molar refractivity (Wildman–Crippen MR) is 152 cm³/mol. The van der Waals surface area contributed by atoms with Gasteiger partial charge >= 0.3 is 0 Å². The van der Waals surface area contributed by atoms with Gasteiger partial charge in [-0.3, -0.25) is 4.79 Å². The largest absolute Gasteiger partial charge is 0.394 e. The van der Waals surface area contributed by atoms with Crippen molar-refractivity contribution in [2.75, 3.05) is 13.2 Å². The first-order chi connectivity index (χ1) is 18.8. The average Bonchev–Trinajstić information content (AvgIpc) is 2.93. The van der Waals surface area contributed by atoms with Gasteiger partial charge in [-0.2, -0.15) is 0 Å². The van der Waals surface area contributed by atoms with Gasteiger partial charge in [-0.1, -0.05) is 76.0 Å². The highest BCUT2D eigenvalue weighted by Crippen LogP contribution is 2.22. The van der Waals surface area contributed by atoms with E-state index in [-0.39, 0.29) is 12.5 Å². The van der Waals surface area contributed by atoms with Gasteiger partial charge < -0.3 is 40.3 Å². The molecule has 0 aromatic rings. The molecule has 39 heavy (non-hydrogen) atoms. The van der Waals surface area contributed by atoms with Crippen LogP contribution in [0.3, 0.4) is 0 Å². The van der Waals surface area contributed by atoms with Gasteiger partial charge in [0.15, 0.2) is 6.29 Å². The summed E-state index contributed by atoms with van der Waals surface area (Å²) < 4.78 is 11.0. The minimum atomic E-state index is -1.55. The van der Waals surface area contributed by atoms with Gasteiger partial charge in [0, 0.05) is 6.42 Å². The number of nitrogens with one attached hydrogen (secondary N) is 1. The topological polar surface area (TPSA) is 149 Å². The van der Waals surface area contributed by atoms with Crippen molar-refractivity contribution in [2.24, 2.45) is 0 Å². The Hall–Kier alpha value is -1.59. The standard InChI is InChI=1S/C30H53NO8/c1-3-5-7-8-9-10-11-12-13-14-15-16-18-20-26(34)31-23(24(33)19-17-6-4-2)22-38-30-29(37)28(36)27(35)25(21-32)39-30/h5,7,9-10,12-13,23-25,27-30,32-33,35-37H,3-4,6,8,11,14-22H2,1-2H3,(H,31,34)/b7-5-,10-9-,13-12-. The second-order valence-electron chi connectivity index (χ2n) is 10.2. The molecular formula is C30H53NO8. The van der Waals surface area contributed by atoms with E-state index >= 15 is 0 Å². The van der Waals surface area contributed by atoms with E-state index in [4.69, 9.17) is 9.47 Å². The highest BCUT2D eigenvalue weighted by atomic mass is 16.7. The molecule has 1 heterocycles. The zero-order valence-corrected chi connectivity index (χ0v) is 23.9. The molecule has 7 atom stereocenters. The Bertz CT molecular complexity index is 711. The number of allylic oxidation sites excluding steroid dienone is 6. The van der Waals surface area contributed by atoms with E-state index in [1.807, 2.05) is 0 Å². The monoisotopic (exact) mass is 555 g/mol. The maximum atomic E-state index is 12.6. The van der Waals surface area contributed by atoms with E-state index < -0.39 is 49.5 Å². The Kier molecular flexibility index (Phi) is 20.1. The second-order valence-corrected chi connectivity index (χ2v) is 10.2. The average molecular weight is 556 g/mol. The van der Waals surface area contributed by atoms with Crippen LogP contribution in [0, 0.1) is 0 Å². The summed E-state index contributed by atoms with van der Waals surface area (Å²) in [5, 5.41) is 53.1. The summed E-state index contributed by atoms with van der Waals surface area (Å²) in [6.07, 6.45) is 15.3. The fourth-order valence-electron chi connectivity index (χ4n) is 4.29. The highest BCUT2D eigenvalue weighted by Gasteiger charge is 2.44. The molecule has 9 heteroatoms. The van der Waals surface area contributed by atoms with Gasteiger partial charge in [0.05, 0.1) is 25.4 Å². The van der Waals surface area contributed by atoms with Crippen molar-refractivity contribution < 1.29 is 39.8 Å². The van der Waals surface area contributed by atoms with E-state index in [0.717, 1.165) is 64.2 Å². The minimum Gasteiger partial charge on any atom is -0.394 e. The predicted octanol–water partition coefficient (Wildman–Crippen LogP) is 3.04. The molecule has 1 fully saturated rings. The summed E-state index contributed by atoms with van der Waals surface area (Å²) in [5.41, 5.74) is 0. The molecule has 0 aromatic carbocycles. The fraction of sp³-hybridized carbons (Fsp3) is 0.767. The van der Waals surface area contributed by atoms with Crippen LogP contribution < -0.4 is 5.32 Å². The number of carbonyl (C=O) groups excluding carboxylic acids is 1. The molecule has 0 radical (unpaired) electrons. The van der Waals surface area contributed by atoms with E-state index in [1.165, 1.54) is 0 Å². The molecular weight excluding hydrogens is 502 g/mol. The zero-order chi connectivity index (χ0) is 28.9. The van der Waals surface area contributed by atoms with Crippen molar-refractivity contribution in [1.82, 2.24) is 5.32 Å². The van der Waals surface area contributed by atoms with Gasteiger partial charge in [-0.25, -0.2) is 0 Å². The smallest absolute Gasteiger partial charge is 0.220 e. The number of amides is 1. The molecule has 1 saturated heterocycles. The lowest BCUT2D eigenvalue weighted by Crippen LogP contribution is -2.60. The summed E-state index contributed by atoms with van der Waals surface area (Å²) in [7, 11) is 0. The van der Waals surface area contributed by atoms with Crippen LogP contribution in [-0.4, -0.2) is 87.5 Å². The molecule has 1 aliphatic rings. The molecule has 1 rings (SSSR count). The van der Waals surface area contributed by atoms with Gasteiger partial charge in [-0.15, -0.1) is 0 Å². The van der Waals surface area contributed by atoms with Crippen LogP contribution >= 0.6 is 0 Å². The lowest BCUT2D eigenvalue weighted by Gasteiger charge is -2.40. The summed E-state index contributed by atoms with van der Waals surface area (Å²) in [4.78, 5) is 12.6. The normalized spacial score (nSPS) is 25.6. The van der Waals surface area contributed by atoms with Crippen LogP contribution in [0.4, 0.5) is 0 Å². The van der Waals surface area contributed by atoms with E-state index in [2.05, 4.69) is 55.6 Å². The van der Waals surface area contributed by atoms with Crippen molar-refractivity contribution in [3.05, 3.63) is 36.5 Å². The molecule has 0 aromatic heterocycles. The van der Waals surface area contributed by atoms with Crippen molar-refractivity contribution in [1.29, 1.82) is 0 Å². The van der Waals surface area contributed by atoms with Crippen LogP contribution in [0.1, 0.15) is 90.9 Å². The van der Waals surface area contributed by atoms with Gasteiger partial charge in [0.1, 0.15) is 24.4 Å². The summed E-state index contributed by atoms with van der Waals surface area (Å²) in [6.45, 7) is 3.47. The van der Waals surface area contributed by atoms with Crippen molar-refractivity contribution >= 4 is 5.91 Å². The first-order valence-corrected chi connectivity index (χ1v) is 14.7. The Morgan fingerprint density at radius 1 is 0.897 bits per heavy atom. The molecule has 1 aliphatic heterocycles. The molecule has 6 N–H and O–H groups in total. The number of unbranched alkanes of at least 4 members (excludes halogenated alkanes) is 5. The maximum Gasteiger partial charge on any atom is 0.220 e. The molecule has 226 valence electrons. The number of hydrogen-bond acceptors (Lipinski definition) is 8. The third-order valence-corrected chi connectivity index (χ3v) is 6.76. The molecule has 0 spiro atoms. The quantitative estimate of drug-likeness (QED) is 0.0935. The van der Waals surface area contributed by atoms with Crippen molar-refractivity contribution in [3.63, 3.8) is 0 Å². The molecule has 9 nitrogen and oxygen atoms in total. The number of hydrogen-bond donors (Lipinski definition) is 6. The molecule has 0 saturated carbocycles. The fourth-order valence-corrected chi connectivity index (χ4v) is 4.29. The number of aliphatic hydroxyl groups is 5. The Morgan fingerprint density at radius 2 is 1.59 bits per heavy atom. The SMILES string of the molecule is CC/C=C\C/C=C\C/C=C\CCCCCC(=O)NC(COC1OC(CO)C(O)C(O)C1O)C(O)CCCCC. The summed E-state index contributed by atoms with van der Waals surface area (Å²) in [6, 6.07) is -0.727.